The molecule has 1 aliphatic heterocycles. The van der Waals surface area contributed by atoms with E-state index in [2.05, 4.69) is 24.1 Å². The topological polar surface area (TPSA) is 54.1 Å². The molecular weight excluding hydrogens is 264 g/mol. The van der Waals surface area contributed by atoms with Crippen molar-refractivity contribution < 1.29 is 9.53 Å². The minimum Gasteiger partial charge on any atom is -0.379 e. The predicted molar refractivity (Wildman–Crippen MR) is 83.7 cm³/mol. The molecule has 0 bridgehead atoms. The van der Waals surface area contributed by atoms with Crippen molar-refractivity contribution in [2.24, 2.45) is 0 Å². The first-order chi connectivity index (χ1) is 10.2. The lowest BCUT2D eigenvalue weighted by molar-refractivity contribution is 0.0624. The van der Waals surface area contributed by atoms with Gasteiger partial charge in [-0.05, 0) is 49.9 Å². The Morgan fingerprint density at radius 1 is 1.48 bits per heavy atom. The van der Waals surface area contributed by atoms with Crippen LogP contribution in [-0.4, -0.2) is 30.1 Å². The third kappa shape index (κ3) is 2.81. The minimum absolute atomic E-state index is 0.00829. The summed E-state index contributed by atoms with van der Waals surface area (Å²) in [6.07, 6.45) is 2.99. The standard InChI is InChI=1S/C17H22N2O2/c1-3-15-11(2)14-9-12(6-7-16(14)19-15)17(20)18-13-5-4-8-21-10-13/h6-7,9,13,19H,3-5,8,10H2,1-2H3,(H,18,20)/t13-/m0/s1. The zero-order valence-electron chi connectivity index (χ0n) is 12.7. The Hall–Kier alpha value is -1.81. The molecule has 112 valence electrons. The molecular formula is C17H22N2O2. The van der Waals surface area contributed by atoms with Gasteiger partial charge in [0, 0.05) is 28.8 Å². The van der Waals surface area contributed by atoms with Crippen molar-refractivity contribution in [2.45, 2.75) is 39.2 Å². The predicted octanol–water partition coefficient (Wildman–Crippen LogP) is 2.95. The number of H-pyrrole nitrogens is 1. The fraction of sp³-hybridized carbons (Fsp3) is 0.471. The lowest BCUT2D eigenvalue weighted by atomic mass is 10.1. The molecule has 1 fully saturated rings. The van der Waals surface area contributed by atoms with Gasteiger partial charge in [-0.15, -0.1) is 0 Å². The van der Waals surface area contributed by atoms with Gasteiger partial charge in [0.25, 0.3) is 5.91 Å². The van der Waals surface area contributed by atoms with Crippen LogP contribution in [0.3, 0.4) is 0 Å². The fourth-order valence-electron chi connectivity index (χ4n) is 3.00. The third-order valence-electron chi connectivity index (χ3n) is 4.27. The van der Waals surface area contributed by atoms with Crippen LogP contribution in [0.2, 0.25) is 0 Å². The van der Waals surface area contributed by atoms with Gasteiger partial charge in [-0.3, -0.25) is 4.79 Å². The van der Waals surface area contributed by atoms with Crippen LogP contribution in [0.5, 0.6) is 0 Å². The molecule has 0 radical (unpaired) electrons. The van der Waals surface area contributed by atoms with E-state index in [9.17, 15) is 4.79 Å². The molecule has 1 saturated heterocycles. The van der Waals surface area contributed by atoms with E-state index in [-0.39, 0.29) is 11.9 Å². The monoisotopic (exact) mass is 286 g/mol. The molecule has 1 aliphatic rings. The molecule has 1 aromatic heterocycles. The fourth-order valence-corrected chi connectivity index (χ4v) is 3.00. The SMILES string of the molecule is CCc1[nH]c2ccc(C(=O)N[C@H]3CCCOC3)cc2c1C. The van der Waals surface area contributed by atoms with Gasteiger partial charge < -0.3 is 15.0 Å². The maximum absolute atomic E-state index is 12.4. The van der Waals surface area contributed by atoms with Crippen molar-refractivity contribution in [3.63, 3.8) is 0 Å². The number of amides is 1. The molecule has 21 heavy (non-hydrogen) atoms. The van der Waals surface area contributed by atoms with E-state index >= 15 is 0 Å². The lowest BCUT2D eigenvalue weighted by Crippen LogP contribution is -2.40. The van der Waals surface area contributed by atoms with Gasteiger partial charge in [0.05, 0.1) is 12.6 Å². The Kier molecular flexibility index (Phi) is 3.97. The Morgan fingerprint density at radius 3 is 3.05 bits per heavy atom. The molecule has 0 unspecified atom stereocenters. The summed E-state index contributed by atoms with van der Waals surface area (Å²) in [5.41, 5.74) is 4.30. The molecule has 3 rings (SSSR count). The summed E-state index contributed by atoms with van der Waals surface area (Å²) in [7, 11) is 0. The van der Waals surface area contributed by atoms with E-state index < -0.39 is 0 Å². The van der Waals surface area contributed by atoms with E-state index in [0.717, 1.165) is 42.3 Å². The van der Waals surface area contributed by atoms with Crippen molar-refractivity contribution in [1.29, 1.82) is 0 Å². The highest BCUT2D eigenvalue weighted by molar-refractivity contribution is 5.99. The molecule has 2 N–H and O–H groups in total. The second-order valence-electron chi connectivity index (χ2n) is 5.73. The molecule has 1 amide bonds. The van der Waals surface area contributed by atoms with Crippen LogP contribution in [0.4, 0.5) is 0 Å². The van der Waals surface area contributed by atoms with Crippen LogP contribution in [0, 0.1) is 6.92 Å². The molecule has 1 aromatic carbocycles. The number of fused-ring (bicyclic) bond motifs is 1. The van der Waals surface area contributed by atoms with E-state index in [1.54, 1.807) is 0 Å². The minimum atomic E-state index is -0.00829. The first-order valence-electron chi connectivity index (χ1n) is 7.69. The van der Waals surface area contributed by atoms with Gasteiger partial charge in [-0.2, -0.15) is 0 Å². The number of benzene rings is 1. The molecule has 1 atom stereocenters. The van der Waals surface area contributed by atoms with Gasteiger partial charge in [0.2, 0.25) is 0 Å². The Morgan fingerprint density at radius 2 is 2.33 bits per heavy atom. The lowest BCUT2D eigenvalue weighted by Gasteiger charge is -2.23. The van der Waals surface area contributed by atoms with Crippen LogP contribution >= 0.6 is 0 Å². The van der Waals surface area contributed by atoms with E-state index in [1.165, 1.54) is 11.3 Å². The Labute approximate surface area is 124 Å². The highest BCUT2D eigenvalue weighted by atomic mass is 16.5. The van der Waals surface area contributed by atoms with Crippen molar-refractivity contribution >= 4 is 16.8 Å². The van der Waals surface area contributed by atoms with Crippen LogP contribution in [-0.2, 0) is 11.2 Å². The van der Waals surface area contributed by atoms with E-state index in [4.69, 9.17) is 4.74 Å². The zero-order chi connectivity index (χ0) is 14.8. The summed E-state index contributed by atoms with van der Waals surface area (Å²) < 4.78 is 5.41. The van der Waals surface area contributed by atoms with Crippen molar-refractivity contribution in [2.75, 3.05) is 13.2 Å². The molecule has 0 saturated carbocycles. The summed E-state index contributed by atoms with van der Waals surface area (Å²) >= 11 is 0. The summed E-state index contributed by atoms with van der Waals surface area (Å²) in [5.74, 6) is -0.00829. The quantitative estimate of drug-likeness (QED) is 0.911. The maximum atomic E-state index is 12.4. The number of rotatable bonds is 3. The summed E-state index contributed by atoms with van der Waals surface area (Å²) in [6.45, 7) is 5.67. The average Bonchev–Trinajstić information content (AvgIpc) is 2.84. The molecule has 4 nitrogen and oxygen atoms in total. The van der Waals surface area contributed by atoms with Crippen LogP contribution in [0.15, 0.2) is 18.2 Å². The first kappa shape index (κ1) is 14.1. The van der Waals surface area contributed by atoms with Crippen molar-refractivity contribution in [1.82, 2.24) is 10.3 Å². The number of carbonyl (C=O) groups is 1. The number of carbonyl (C=O) groups excluding carboxylic acids is 1. The average molecular weight is 286 g/mol. The summed E-state index contributed by atoms with van der Waals surface area (Å²) in [4.78, 5) is 15.8. The molecule has 0 aliphatic carbocycles. The Balaban J connectivity index is 1.82. The molecule has 4 heteroatoms. The zero-order valence-corrected chi connectivity index (χ0v) is 12.7. The smallest absolute Gasteiger partial charge is 0.251 e. The number of hydrogen-bond acceptors (Lipinski definition) is 2. The number of nitrogens with one attached hydrogen (secondary N) is 2. The van der Waals surface area contributed by atoms with Crippen molar-refractivity contribution in [3.8, 4) is 0 Å². The van der Waals surface area contributed by atoms with Gasteiger partial charge in [-0.25, -0.2) is 0 Å². The number of hydrogen-bond donors (Lipinski definition) is 2. The van der Waals surface area contributed by atoms with E-state index in [1.807, 2.05) is 18.2 Å². The third-order valence-corrected chi connectivity index (χ3v) is 4.27. The van der Waals surface area contributed by atoms with Crippen LogP contribution in [0.1, 0.15) is 41.4 Å². The van der Waals surface area contributed by atoms with Gasteiger partial charge in [0.15, 0.2) is 0 Å². The highest BCUT2D eigenvalue weighted by Gasteiger charge is 2.17. The first-order valence-corrected chi connectivity index (χ1v) is 7.69. The number of aromatic nitrogens is 1. The van der Waals surface area contributed by atoms with Gasteiger partial charge >= 0.3 is 0 Å². The summed E-state index contributed by atoms with van der Waals surface area (Å²) in [5, 5.41) is 4.20. The molecule has 0 spiro atoms. The second-order valence-corrected chi connectivity index (χ2v) is 5.73. The maximum Gasteiger partial charge on any atom is 0.251 e. The number of aromatic amines is 1. The highest BCUT2D eigenvalue weighted by Crippen LogP contribution is 2.23. The Bertz CT molecular complexity index is 654. The van der Waals surface area contributed by atoms with Gasteiger partial charge in [0.1, 0.15) is 0 Å². The largest absolute Gasteiger partial charge is 0.379 e. The van der Waals surface area contributed by atoms with Gasteiger partial charge in [-0.1, -0.05) is 6.92 Å². The second kappa shape index (κ2) is 5.90. The number of ether oxygens (including phenoxy) is 1. The molecule has 2 aromatic rings. The summed E-state index contributed by atoms with van der Waals surface area (Å²) in [6, 6.07) is 6.00. The van der Waals surface area contributed by atoms with E-state index in [0.29, 0.717) is 6.61 Å². The molecule has 2 heterocycles. The van der Waals surface area contributed by atoms with Crippen LogP contribution in [0.25, 0.3) is 10.9 Å². The van der Waals surface area contributed by atoms with Crippen LogP contribution < -0.4 is 5.32 Å². The normalized spacial score (nSPS) is 18.9. The van der Waals surface area contributed by atoms with Crippen molar-refractivity contribution in [3.05, 3.63) is 35.0 Å². The number of aryl methyl sites for hydroxylation is 2.